The summed E-state index contributed by atoms with van der Waals surface area (Å²) in [5.74, 6) is 0.175. The fourth-order valence-electron chi connectivity index (χ4n) is 2.57. The van der Waals surface area contributed by atoms with Crippen molar-refractivity contribution in [1.82, 2.24) is 14.5 Å². The summed E-state index contributed by atoms with van der Waals surface area (Å²) in [7, 11) is -3.62. The summed E-state index contributed by atoms with van der Waals surface area (Å²) in [5, 5.41) is 3.20. The van der Waals surface area contributed by atoms with E-state index >= 15 is 0 Å². The molecule has 0 spiro atoms. The maximum Gasteiger partial charge on any atom is 0.252 e. The number of piperazine rings is 1. The minimum Gasteiger partial charge on any atom is -0.340 e. The molecular formula is C15H24ClN3O3S2. The number of nitrogens with zero attached hydrogens (tertiary/aromatic N) is 2. The second kappa shape index (κ2) is 8.62. The molecule has 1 amide bonds. The first kappa shape index (κ1) is 19.7. The van der Waals surface area contributed by atoms with Crippen molar-refractivity contribution in [2.75, 3.05) is 39.3 Å². The molecule has 1 fully saturated rings. The van der Waals surface area contributed by atoms with Crippen molar-refractivity contribution in [2.24, 2.45) is 5.92 Å². The lowest BCUT2D eigenvalue weighted by molar-refractivity contribution is -0.131. The van der Waals surface area contributed by atoms with Crippen LogP contribution in [0.15, 0.2) is 16.3 Å². The molecule has 0 aromatic carbocycles. The van der Waals surface area contributed by atoms with Crippen LogP contribution in [0.3, 0.4) is 0 Å². The van der Waals surface area contributed by atoms with E-state index in [9.17, 15) is 13.2 Å². The third kappa shape index (κ3) is 5.16. The number of amides is 1. The fourth-order valence-corrected chi connectivity index (χ4v) is 5.81. The molecule has 0 atom stereocenters. The van der Waals surface area contributed by atoms with E-state index in [0.717, 1.165) is 24.4 Å². The van der Waals surface area contributed by atoms with Crippen LogP contribution >= 0.6 is 22.9 Å². The largest absolute Gasteiger partial charge is 0.340 e. The second-order valence-corrected chi connectivity index (χ2v) is 10.1. The van der Waals surface area contributed by atoms with Gasteiger partial charge in [0.05, 0.1) is 4.34 Å². The molecule has 0 aliphatic carbocycles. The normalized spacial score (nSPS) is 16.1. The van der Waals surface area contributed by atoms with E-state index in [1.54, 1.807) is 11.0 Å². The Balaban J connectivity index is 2.06. The molecular weight excluding hydrogens is 370 g/mol. The molecule has 1 aromatic rings. The van der Waals surface area contributed by atoms with Crippen molar-refractivity contribution in [3.63, 3.8) is 0 Å². The van der Waals surface area contributed by atoms with Gasteiger partial charge in [0.25, 0.3) is 10.0 Å². The Morgan fingerprint density at radius 3 is 2.58 bits per heavy atom. The highest BCUT2D eigenvalue weighted by atomic mass is 35.5. The number of hydrogen-bond acceptors (Lipinski definition) is 5. The molecule has 0 saturated carbocycles. The molecule has 136 valence electrons. The van der Waals surface area contributed by atoms with E-state index in [-0.39, 0.29) is 29.0 Å². The molecule has 2 rings (SSSR count). The Hall–Kier alpha value is -0.670. The van der Waals surface area contributed by atoms with Gasteiger partial charge in [0.15, 0.2) is 0 Å². The van der Waals surface area contributed by atoms with E-state index in [1.807, 2.05) is 13.8 Å². The van der Waals surface area contributed by atoms with Crippen LogP contribution < -0.4 is 5.32 Å². The predicted octanol–water partition coefficient (Wildman–Crippen LogP) is 1.87. The average molecular weight is 394 g/mol. The van der Waals surface area contributed by atoms with Gasteiger partial charge in [-0.3, -0.25) is 4.79 Å². The number of rotatable bonds is 7. The maximum atomic E-state index is 12.8. The van der Waals surface area contributed by atoms with Crippen molar-refractivity contribution in [2.45, 2.75) is 24.5 Å². The zero-order chi connectivity index (χ0) is 17.7. The number of carbonyl (C=O) groups is 1. The SMILES string of the molecule is CC(C)CN(CCC(=O)N1CCNCC1)S(=O)(=O)c1ccc(Cl)s1. The standard InChI is InChI=1S/C15H24ClN3O3S2/c1-12(2)11-19(24(21,22)15-4-3-13(16)23-15)8-5-14(20)18-9-6-17-7-10-18/h3-4,12,17H,5-11H2,1-2H3. The number of sulfonamides is 1. The lowest BCUT2D eigenvalue weighted by Crippen LogP contribution is -2.47. The highest BCUT2D eigenvalue weighted by Crippen LogP contribution is 2.28. The van der Waals surface area contributed by atoms with Crippen LogP contribution in [0, 0.1) is 5.92 Å². The third-order valence-corrected chi connectivity index (χ3v) is 7.32. The number of nitrogens with one attached hydrogen (secondary N) is 1. The fraction of sp³-hybridized carbons (Fsp3) is 0.667. The first-order valence-corrected chi connectivity index (χ1v) is 10.7. The Labute approximate surface area is 152 Å². The quantitative estimate of drug-likeness (QED) is 0.767. The van der Waals surface area contributed by atoms with E-state index in [4.69, 9.17) is 11.6 Å². The molecule has 0 radical (unpaired) electrons. The lowest BCUT2D eigenvalue weighted by atomic mass is 10.2. The van der Waals surface area contributed by atoms with Gasteiger partial charge in [-0.15, -0.1) is 11.3 Å². The molecule has 2 heterocycles. The van der Waals surface area contributed by atoms with Crippen LogP contribution in [0.4, 0.5) is 0 Å². The summed E-state index contributed by atoms with van der Waals surface area (Å²) in [6.45, 7) is 7.42. The molecule has 1 N–H and O–H groups in total. The zero-order valence-corrected chi connectivity index (χ0v) is 16.4. The van der Waals surface area contributed by atoms with Crippen LogP contribution in [0.25, 0.3) is 0 Å². The van der Waals surface area contributed by atoms with E-state index in [1.165, 1.54) is 10.4 Å². The molecule has 24 heavy (non-hydrogen) atoms. The zero-order valence-electron chi connectivity index (χ0n) is 14.0. The number of halogens is 1. The Kier molecular flexibility index (Phi) is 7.06. The molecule has 0 bridgehead atoms. The van der Waals surface area contributed by atoms with Gasteiger partial charge in [0.1, 0.15) is 4.21 Å². The molecule has 1 aromatic heterocycles. The smallest absolute Gasteiger partial charge is 0.252 e. The van der Waals surface area contributed by atoms with Crippen LogP contribution in [0.1, 0.15) is 20.3 Å². The predicted molar refractivity (Wildman–Crippen MR) is 97.0 cm³/mol. The van der Waals surface area contributed by atoms with Crippen molar-refractivity contribution in [3.8, 4) is 0 Å². The molecule has 1 saturated heterocycles. The van der Waals surface area contributed by atoms with Gasteiger partial charge in [-0.05, 0) is 18.1 Å². The van der Waals surface area contributed by atoms with Gasteiger partial charge in [0.2, 0.25) is 5.91 Å². The maximum absolute atomic E-state index is 12.8. The average Bonchev–Trinajstić information content (AvgIpc) is 2.99. The molecule has 1 aliphatic heterocycles. The Morgan fingerprint density at radius 2 is 2.04 bits per heavy atom. The van der Waals surface area contributed by atoms with Gasteiger partial charge in [-0.1, -0.05) is 25.4 Å². The van der Waals surface area contributed by atoms with Crippen LogP contribution in [0.2, 0.25) is 4.34 Å². The first-order valence-electron chi connectivity index (χ1n) is 8.04. The number of thiophene rings is 1. The van der Waals surface area contributed by atoms with E-state index < -0.39 is 10.0 Å². The Bertz CT molecular complexity index is 655. The minimum atomic E-state index is -3.62. The van der Waals surface area contributed by atoms with Gasteiger partial charge in [0, 0.05) is 45.7 Å². The number of hydrogen-bond donors (Lipinski definition) is 1. The van der Waals surface area contributed by atoms with Crippen LogP contribution in [-0.4, -0.2) is 62.8 Å². The second-order valence-electron chi connectivity index (χ2n) is 6.20. The summed E-state index contributed by atoms with van der Waals surface area (Å²) in [4.78, 5) is 14.1. The van der Waals surface area contributed by atoms with Gasteiger partial charge in [-0.25, -0.2) is 8.42 Å². The number of carbonyl (C=O) groups excluding carboxylic acids is 1. The highest BCUT2D eigenvalue weighted by molar-refractivity contribution is 7.91. The van der Waals surface area contributed by atoms with Gasteiger partial charge in [-0.2, -0.15) is 4.31 Å². The summed E-state index contributed by atoms with van der Waals surface area (Å²) in [5.41, 5.74) is 0. The molecule has 9 heteroatoms. The monoisotopic (exact) mass is 393 g/mol. The summed E-state index contributed by atoms with van der Waals surface area (Å²) in [6, 6.07) is 3.10. The van der Waals surface area contributed by atoms with Gasteiger partial charge < -0.3 is 10.2 Å². The first-order chi connectivity index (χ1) is 11.3. The van der Waals surface area contributed by atoms with Gasteiger partial charge >= 0.3 is 0 Å². The van der Waals surface area contributed by atoms with Crippen molar-refractivity contribution in [1.29, 1.82) is 0 Å². The van der Waals surface area contributed by atoms with Crippen molar-refractivity contribution < 1.29 is 13.2 Å². The topological polar surface area (TPSA) is 69.7 Å². The third-order valence-electron chi connectivity index (χ3n) is 3.76. The van der Waals surface area contributed by atoms with Crippen molar-refractivity contribution >= 4 is 38.9 Å². The molecule has 1 aliphatic rings. The summed E-state index contributed by atoms with van der Waals surface area (Å²) in [6.07, 6.45) is 0.199. The van der Waals surface area contributed by atoms with E-state index in [2.05, 4.69) is 5.32 Å². The minimum absolute atomic E-state index is 0.00432. The highest BCUT2D eigenvalue weighted by Gasteiger charge is 2.28. The summed E-state index contributed by atoms with van der Waals surface area (Å²) >= 11 is 6.92. The van der Waals surface area contributed by atoms with Crippen LogP contribution in [-0.2, 0) is 14.8 Å². The summed E-state index contributed by atoms with van der Waals surface area (Å²) < 4.78 is 27.7. The lowest BCUT2D eigenvalue weighted by Gasteiger charge is -2.29. The van der Waals surface area contributed by atoms with E-state index in [0.29, 0.717) is 24.0 Å². The Morgan fingerprint density at radius 1 is 1.38 bits per heavy atom. The van der Waals surface area contributed by atoms with Crippen LogP contribution in [0.5, 0.6) is 0 Å². The van der Waals surface area contributed by atoms with Crippen molar-refractivity contribution in [3.05, 3.63) is 16.5 Å². The molecule has 0 unspecified atom stereocenters. The molecule has 6 nitrogen and oxygen atoms in total.